The molecule has 0 amide bonds. The van der Waals surface area contributed by atoms with Crippen molar-refractivity contribution >= 4 is 0 Å². The van der Waals surface area contributed by atoms with E-state index in [1.165, 1.54) is 0 Å². The fourth-order valence-electron chi connectivity index (χ4n) is 0.929. The molecule has 2 atom stereocenters. The summed E-state index contributed by atoms with van der Waals surface area (Å²) < 4.78 is 35.2. The van der Waals surface area contributed by atoms with Gasteiger partial charge in [0.2, 0.25) is 0 Å². The van der Waals surface area contributed by atoms with Gasteiger partial charge in [-0.1, -0.05) is 6.92 Å². The minimum atomic E-state index is -4.03. The first-order valence-corrected chi connectivity index (χ1v) is 4.86. The maximum absolute atomic E-state index is 11.7. The van der Waals surface area contributed by atoms with Gasteiger partial charge in [0.05, 0.1) is 0 Å². The van der Waals surface area contributed by atoms with Gasteiger partial charge in [-0.25, -0.2) is 0 Å². The fraction of sp³-hybridized carbons (Fsp3) is 1.00. The van der Waals surface area contributed by atoms with Crippen molar-refractivity contribution in [2.45, 2.75) is 38.9 Å². The van der Waals surface area contributed by atoms with Crippen LogP contribution in [0.2, 0.25) is 0 Å². The van der Waals surface area contributed by atoms with Gasteiger partial charge in [0.1, 0.15) is 0 Å². The predicted molar refractivity (Wildman–Crippen MR) is 51.0 cm³/mol. The molecule has 0 heterocycles. The van der Waals surface area contributed by atoms with Crippen LogP contribution in [0.25, 0.3) is 0 Å². The van der Waals surface area contributed by atoms with Crippen molar-refractivity contribution in [3.05, 3.63) is 0 Å². The first kappa shape index (κ1) is 13.7. The third kappa shape index (κ3) is 8.31. The van der Waals surface area contributed by atoms with Gasteiger partial charge in [0.15, 0.2) is 0 Å². The molecule has 0 saturated heterocycles. The second-order valence-electron chi connectivity index (χ2n) is 3.76. The van der Waals surface area contributed by atoms with Gasteiger partial charge in [-0.2, -0.15) is 13.2 Å². The molecule has 0 aromatic carbocycles. The highest BCUT2D eigenvalue weighted by Crippen LogP contribution is 2.20. The van der Waals surface area contributed by atoms with E-state index in [1.807, 2.05) is 13.8 Å². The second-order valence-corrected chi connectivity index (χ2v) is 3.76. The lowest BCUT2D eigenvalue weighted by Crippen LogP contribution is -2.33. The summed E-state index contributed by atoms with van der Waals surface area (Å²) in [7, 11) is 0. The fourth-order valence-corrected chi connectivity index (χ4v) is 0.929. The molecule has 14 heavy (non-hydrogen) atoms. The van der Waals surface area contributed by atoms with E-state index in [0.717, 1.165) is 0 Å². The van der Waals surface area contributed by atoms with Crippen molar-refractivity contribution in [2.75, 3.05) is 13.1 Å². The highest BCUT2D eigenvalue weighted by atomic mass is 19.4. The van der Waals surface area contributed by atoms with Crippen molar-refractivity contribution < 1.29 is 13.2 Å². The van der Waals surface area contributed by atoms with E-state index in [1.54, 1.807) is 0 Å². The number of nitrogens with two attached hydrogens (primary N) is 1. The van der Waals surface area contributed by atoms with Crippen LogP contribution in [-0.2, 0) is 0 Å². The highest BCUT2D eigenvalue weighted by Gasteiger charge is 2.25. The Balaban J connectivity index is 3.30. The van der Waals surface area contributed by atoms with Gasteiger partial charge in [-0.05, 0) is 32.4 Å². The molecule has 0 bridgehead atoms. The highest BCUT2D eigenvalue weighted by molar-refractivity contribution is 4.66. The van der Waals surface area contributed by atoms with Crippen LogP contribution in [0.3, 0.4) is 0 Å². The predicted octanol–water partition coefficient (Wildman–Crippen LogP) is 1.90. The number of rotatable bonds is 6. The average molecular weight is 212 g/mol. The molecule has 0 aliphatic carbocycles. The minimum absolute atomic E-state index is 0.0742. The Morgan fingerprint density at radius 3 is 2.29 bits per heavy atom. The lowest BCUT2D eigenvalue weighted by atomic mass is 10.1. The van der Waals surface area contributed by atoms with E-state index >= 15 is 0 Å². The SMILES string of the molecule is CC(N)C(C)CNCCCC(F)(F)F. The van der Waals surface area contributed by atoms with Crippen LogP contribution in [0.4, 0.5) is 13.2 Å². The van der Waals surface area contributed by atoms with Crippen molar-refractivity contribution in [1.82, 2.24) is 5.32 Å². The third-order valence-electron chi connectivity index (χ3n) is 2.18. The maximum atomic E-state index is 11.7. The molecule has 0 aromatic rings. The standard InChI is InChI=1S/C9H19F3N2/c1-7(8(2)13)6-14-5-3-4-9(10,11)12/h7-8,14H,3-6,13H2,1-2H3. The van der Waals surface area contributed by atoms with Crippen LogP contribution >= 0.6 is 0 Å². The van der Waals surface area contributed by atoms with E-state index in [-0.39, 0.29) is 12.5 Å². The van der Waals surface area contributed by atoms with Gasteiger partial charge in [-0.3, -0.25) is 0 Å². The topological polar surface area (TPSA) is 38.0 Å². The largest absolute Gasteiger partial charge is 0.389 e. The summed E-state index contributed by atoms with van der Waals surface area (Å²) in [5.41, 5.74) is 5.60. The molecule has 0 spiro atoms. The van der Waals surface area contributed by atoms with Gasteiger partial charge in [0.25, 0.3) is 0 Å². The van der Waals surface area contributed by atoms with E-state index in [4.69, 9.17) is 5.73 Å². The molecule has 0 radical (unpaired) electrons. The van der Waals surface area contributed by atoms with Crippen molar-refractivity contribution in [3.8, 4) is 0 Å². The molecular formula is C9H19F3N2. The van der Waals surface area contributed by atoms with Crippen molar-refractivity contribution in [1.29, 1.82) is 0 Å². The van der Waals surface area contributed by atoms with E-state index in [9.17, 15) is 13.2 Å². The summed E-state index contributed by atoms with van der Waals surface area (Å²) in [4.78, 5) is 0. The Labute approximate surface area is 83.0 Å². The Bertz CT molecular complexity index is 145. The second kappa shape index (κ2) is 6.24. The molecule has 0 rings (SSSR count). The zero-order valence-corrected chi connectivity index (χ0v) is 8.69. The first-order chi connectivity index (χ1) is 6.33. The molecule has 0 saturated carbocycles. The van der Waals surface area contributed by atoms with E-state index in [2.05, 4.69) is 5.32 Å². The van der Waals surface area contributed by atoms with E-state index < -0.39 is 12.6 Å². The van der Waals surface area contributed by atoms with Crippen molar-refractivity contribution in [2.24, 2.45) is 11.7 Å². The number of halogens is 3. The summed E-state index contributed by atoms with van der Waals surface area (Å²) in [6, 6.07) is 0.0742. The minimum Gasteiger partial charge on any atom is -0.328 e. The summed E-state index contributed by atoms with van der Waals surface area (Å²) in [6.45, 7) is 4.94. The smallest absolute Gasteiger partial charge is 0.328 e. The molecule has 2 nitrogen and oxygen atoms in total. The van der Waals surface area contributed by atoms with Crippen LogP contribution in [0.5, 0.6) is 0 Å². The van der Waals surface area contributed by atoms with Crippen LogP contribution in [0.1, 0.15) is 26.7 Å². The number of hydrogen-bond donors (Lipinski definition) is 2. The molecular weight excluding hydrogens is 193 g/mol. The lowest BCUT2D eigenvalue weighted by molar-refractivity contribution is -0.135. The molecule has 2 unspecified atom stereocenters. The quantitative estimate of drug-likeness (QED) is 0.660. The molecule has 5 heteroatoms. The summed E-state index contributed by atoms with van der Waals surface area (Å²) in [5.74, 6) is 0.292. The van der Waals surface area contributed by atoms with Crippen LogP contribution in [0, 0.1) is 5.92 Å². The zero-order valence-electron chi connectivity index (χ0n) is 8.69. The van der Waals surface area contributed by atoms with Gasteiger partial charge < -0.3 is 11.1 Å². The summed E-state index contributed by atoms with van der Waals surface area (Å²) in [6.07, 6.45) is -4.61. The molecule has 0 aliphatic heterocycles. The van der Waals surface area contributed by atoms with Crippen LogP contribution in [0.15, 0.2) is 0 Å². The van der Waals surface area contributed by atoms with Gasteiger partial charge in [-0.15, -0.1) is 0 Å². The number of nitrogens with one attached hydrogen (secondary N) is 1. The Hall–Kier alpha value is -0.290. The lowest BCUT2D eigenvalue weighted by Gasteiger charge is -2.16. The van der Waals surface area contributed by atoms with E-state index in [0.29, 0.717) is 19.0 Å². The van der Waals surface area contributed by atoms with Crippen LogP contribution in [-0.4, -0.2) is 25.3 Å². The molecule has 86 valence electrons. The molecule has 0 aromatic heterocycles. The Kier molecular flexibility index (Phi) is 6.11. The normalized spacial score (nSPS) is 16.7. The monoisotopic (exact) mass is 212 g/mol. The molecule has 3 N–H and O–H groups in total. The number of alkyl halides is 3. The zero-order chi connectivity index (χ0) is 11.2. The van der Waals surface area contributed by atoms with Gasteiger partial charge >= 0.3 is 6.18 Å². The Morgan fingerprint density at radius 2 is 1.86 bits per heavy atom. The third-order valence-corrected chi connectivity index (χ3v) is 2.18. The number of hydrogen-bond acceptors (Lipinski definition) is 2. The van der Waals surface area contributed by atoms with Crippen LogP contribution < -0.4 is 11.1 Å². The van der Waals surface area contributed by atoms with Crippen molar-refractivity contribution in [3.63, 3.8) is 0 Å². The molecule has 0 aliphatic rings. The summed E-state index contributed by atoms with van der Waals surface area (Å²) in [5, 5.41) is 2.96. The average Bonchev–Trinajstić information content (AvgIpc) is 2.01. The summed E-state index contributed by atoms with van der Waals surface area (Å²) >= 11 is 0. The Morgan fingerprint density at radius 1 is 1.29 bits per heavy atom. The molecule has 0 fully saturated rings. The van der Waals surface area contributed by atoms with Gasteiger partial charge in [0, 0.05) is 12.5 Å². The first-order valence-electron chi connectivity index (χ1n) is 4.86. The maximum Gasteiger partial charge on any atom is 0.389 e.